The molecule has 4 aliphatic rings. The van der Waals surface area contributed by atoms with Crippen molar-refractivity contribution in [2.75, 3.05) is 34.2 Å². The van der Waals surface area contributed by atoms with E-state index in [0.717, 1.165) is 0 Å². The second-order valence-corrected chi connectivity index (χ2v) is 11.6. The lowest BCUT2D eigenvalue weighted by Gasteiger charge is -2.40. The summed E-state index contributed by atoms with van der Waals surface area (Å²) < 4.78 is 50.7. The van der Waals surface area contributed by atoms with Crippen molar-refractivity contribution in [3.63, 3.8) is 0 Å². The van der Waals surface area contributed by atoms with E-state index < -0.39 is 74.5 Å². The molecule has 7 rings (SSSR count). The van der Waals surface area contributed by atoms with Gasteiger partial charge in [0.25, 0.3) is 0 Å². The van der Waals surface area contributed by atoms with Gasteiger partial charge in [0.2, 0.25) is 13.1 Å². The van der Waals surface area contributed by atoms with E-state index in [1.807, 2.05) is 0 Å². The van der Waals surface area contributed by atoms with Gasteiger partial charge in [0.05, 0.1) is 33.0 Å². The molecule has 48 heavy (non-hydrogen) atoms. The molecule has 16 heteroatoms. The first-order chi connectivity index (χ1) is 23.1. The fourth-order valence-corrected chi connectivity index (χ4v) is 6.36. The zero-order valence-electron chi connectivity index (χ0n) is 25.7. The number of hydrogen-bond donors (Lipinski definition) is 6. The second kappa shape index (κ2) is 12.8. The van der Waals surface area contributed by atoms with Crippen LogP contribution in [0.25, 0.3) is 21.9 Å². The first-order valence-electron chi connectivity index (χ1n) is 15.1. The fourth-order valence-electron chi connectivity index (χ4n) is 6.36. The highest BCUT2D eigenvalue weighted by atomic mass is 16.7. The van der Waals surface area contributed by atoms with E-state index in [4.69, 9.17) is 42.6 Å². The predicted octanol–water partition coefficient (Wildman–Crippen LogP) is -0.435. The zero-order valence-corrected chi connectivity index (χ0v) is 25.7. The summed E-state index contributed by atoms with van der Waals surface area (Å²) in [4.78, 5) is 13.4. The molecule has 0 spiro atoms. The van der Waals surface area contributed by atoms with E-state index in [0.29, 0.717) is 50.5 Å². The Morgan fingerprint density at radius 3 is 2.12 bits per heavy atom. The molecule has 3 aromatic carbocycles. The van der Waals surface area contributed by atoms with Gasteiger partial charge in [0, 0.05) is 16.5 Å². The van der Waals surface area contributed by atoms with Crippen LogP contribution in [0.1, 0.15) is 15.9 Å². The summed E-state index contributed by atoms with van der Waals surface area (Å²) in [6.07, 6.45) is -13.6. The van der Waals surface area contributed by atoms with Crippen LogP contribution in [-0.2, 0) is 25.6 Å². The SMILES string of the molecule is COc1cc2c(OC3OC(COC4OC(CO)C(O)C4O)C(O)C(O)C3O)c3c(c(-c4ccc5c(c4)OCO5)c2cc1OC)C(=O)OC3. The molecule has 0 radical (unpaired) electrons. The van der Waals surface area contributed by atoms with Gasteiger partial charge in [-0.25, -0.2) is 4.79 Å². The molecule has 2 fully saturated rings. The quantitative estimate of drug-likeness (QED) is 0.158. The van der Waals surface area contributed by atoms with Gasteiger partial charge >= 0.3 is 5.97 Å². The van der Waals surface area contributed by atoms with Crippen molar-refractivity contribution in [2.24, 2.45) is 0 Å². The van der Waals surface area contributed by atoms with E-state index in [1.165, 1.54) is 14.2 Å². The van der Waals surface area contributed by atoms with E-state index in [9.17, 15) is 35.4 Å². The van der Waals surface area contributed by atoms with Crippen LogP contribution in [0.3, 0.4) is 0 Å². The smallest absolute Gasteiger partial charge is 0.339 e. The van der Waals surface area contributed by atoms with Crippen LogP contribution < -0.4 is 23.7 Å². The Labute approximate surface area is 272 Å². The molecule has 0 bridgehead atoms. The minimum absolute atomic E-state index is 0.0488. The third kappa shape index (κ3) is 5.35. The summed E-state index contributed by atoms with van der Waals surface area (Å²) in [5.74, 6) is 1.14. The maximum Gasteiger partial charge on any atom is 0.339 e. The molecule has 258 valence electrons. The molecule has 9 atom stereocenters. The average molecular weight is 675 g/mol. The van der Waals surface area contributed by atoms with Gasteiger partial charge in [-0.05, 0) is 35.2 Å². The molecule has 4 aliphatic heterocycles. The Morgan fingerprint density at radius 1 is 0.750 bits per heavy atom. The van der Waals surface area contributed by atoms with Crippen LogP contribution in [0.2, 0.25) is 0 Å². The zero-order chi connectivity index (χ0) is 33.9. The van der Waals surface area contributed by atoms with Gasteiger partial charge in [-0.1, -0.05) is 6.07 Å². The molecule has 4 heterocycles. The summed E-state index contributed by atoms with van der Waals surface area (Å²) in [6.45, 7) is -1.20. The van der Waals surface area contributed by atoms with Crippen molar-refractivity contribution in [1.82, 2.24) is 0 Å². The lowest BCUT2D eigenvalue weighted by atomic mass is 9.89. The molecule has 2 saturated heterocycles. The Kier molecular flexibility index (Phi) is 8.69. The maximum atomic E-state index is 13.4. The lowest BCUT2D eigenvalue weighted by Crippen LogP contribution is -2.60. The van der Waals surface area contributed by atoms with Crippen LogP contribution in [0.4, 0.5) is 0 Å². The maximum absolute atomic E-state index is 13.4. The van der Waals surface area contributed by atoms with E-state index in [-0.39, 0.29) is 24.7 Å². The second-order valence-electron chi connectivity index (χ2n) is 11.6. The fraction of sp³-hybridized carbons (Fsp3) is 0.469. The lowest BCUT2D eigenvalue weighted by molar-refractivity contribution is -0.290. The molecule has 9 unspecified atom stereocenters. The van der Waals surface area contributed by atoms with Gasteiger partial charge in [-0.2, -0.15) is 0 Å². The summed E-state index contributed by atoms with van der Waals surface area (Å²) in [5.41, 5.74) is 1.59. The van der Waals surface area contributed by atoms with Crippen molar-refractivity contribution in [1.29, 1.82) is 0 Å². The highest BCUT2D eigenvalue weighted by molar-refractivity contribution is 6.14. The number of fused-ring (bicyclic) bond motifs is 3. The Morgan fingerprint density at radius 2 is 1.42 bits per heavy atom. The summed E-state index contributed by atoms with van der Waals surface area (Å²) in [7, 11) is 2.91. The monoisotopic (exact) mass is 674 g/mol. The molecule has 3 aromatic rings. The van der Waals surface area contributed by atoms with Crippen molar-refractivity contribution in [3.05, 3.63) is 41.5 Å². The highest BCUT2D eigenvalue weighted by Gasteiger charge is 2.48. The molecule has 6 N–H and O–H groups in total. The van der Waals surface area contributed by atoms with Crippen LogP contribution in [0, 0.1) is 0 Å². The van der Waals surface area contributed by atoms with Gasteiger partial charge in [0.15, 0.2) is 29.3 Å². The van der Waals surface area contributed by atoms with Crippen LogP contribution >= 0.6 is 0 Å². The number of cyclic esters (lactones) is 1. The number of esters is 1. The highest BCUT2D eigenvalue weighted by Crippen LogP contribution is 2.49. The van der Waals surface area contributed by atoms with Crippen LogP contribution in [0.5, 0.6) is 28.7 Å². The molecule has 16 nitrogen and oxygen atoms in total. The van der Waals surface area contributed by atoms with Crippen molar-refractivity contribution >= 4 is 16.7 Å². The van der Waals surface area contributed by atoms with Gasteiger partial charge in [0.1, 0.15) is 55.1 Å². The van der Waals surface area contributed by atoms with Gasteiger partial charge in [-0.15, -0.1) is 0 Å². The van der Waals surface area contributed by atoms with Crippen molar-refractivity contribution in [3.8, 4) is 39.9 Å². The normalized spacial score (nSPS) is 30.8. The van der Waals surface area contributed by atoms with Crippen LogP contribution in [0.15, 0.2) is 30.3 Å². The Balaban J connectivity index is 1.28. The Hall–Kier alpha value is -3.97. The minimum Gasteiger partial charge on any atom is -0.493 e. The number of aliphatic hydroxyl groups is 6. The first-order valence-corrected chi connectivity index (χ1v) is 15.1. The molecular weight excluding hydrogens is 640 g/mol. The van der Waals surface area contributed by atoms with E-state index >= 15 is 0 Å². The topological polar surface area (TPSA) is 222 Å². The van der Waals surface area contributed by atoms with Crippen molar-refractivity contribution in [2.45, 2.75) is 61.9 Å². The van der Waals surface area contributed by atoms with E-state index in [1.54, 1.807) is 30.3 Å². The molecule has 0 aromatic heterocycles. The van der Waals surface area contributed by atoms with Crippen LogP contribution in [-0.4, -0.2) is 126 Å². The minimum atomic E-state index is -1.78. The number of hydrogen-bond acceptors (Lipinski definition) is 16. The number of methoxy groups -OCH3 is 2. The third-order valence-corrected chi connectivity index (χ3v) is 8.90. The molecule has 0 amide bonds. The summed E-state index contributed by atoms with van der Waals surface area (Å²) >= 11 is 0. The largest absolute Gasteiger partial charge is 0.493 e. The third-order valence-electron chi connectivity index (χ3n) is 8.90. The van der Waals surface area contributed by atoms with Gasteiger partial charge < -0.3 is 73.3 Å². The summed E-state index contributed by atoms with van der Waals surface area (Å²) in [6, 6.07) is 8.54. The Bertz CT molecular complexity index is 1710. The number of carbonyl (C=O) groups excluding carboxylic acids is 1. The number of ether oxygens (including phenoxy) is 9. The van der Waals surface area contributed by atoms with E-state index in [2.05, 4.69) is 0 Å². The number of carbonyl (C=O) groups is 1. The predicted molar refractivity (Wildman–Crippen MR) is 159 cm³/mol. The number of aliphatic hydroxyl groups excluding tert-OH is 6. The number of rotatable bonds is 9. The standard InChI is InChI=1S/C32H34O16/c1-40-17-6-13-14(7-18(17)41-2)29(15-9-42-30(39)23(15)22(13)12-3-4-16-19(5-12)45-11-44-16)48-32-28(38)26(36)25(35)21(47-32)10-43-31-27(37)24(34)20(8-33)46-31/h3-7,20-21,24-28,31-38H,8-11H2,1-2H3. The van der Waals surface area contributed by atoms with Gasteiger partial charge in [-0.3, -0.25) is 0 Å². The number of benzene rings is 3. The summed E-state index contributed by atoms with van der Waals surface area (Å²) in [5, 5.41) is 63.0. The van der Waals surface area contributed by atoms with Crippen molar-refractivity contribution < 1.29 is 78.1 Å². The average Bonchev–Trinajstić information content (AvgIpc) is 3.80. The molecule has 0 aliphatic carbocycles. The first kappa shape index (κ1) is 32.6. The molecular formula is C32H34O16. The molecule has 0 saturated carbocycles.